The summed E-state index contributed by atoms with van der Waals surface area (Å²) in [7, 11) is 0. The molecule has 8 N–H and O–H groups in total. The van der Waals surface area contributed by atoms with Crippen LogP contribution in [0.1, 0.15) is 20.7 Å². The molecule has 198 valence electrons. The Hall–Kier alpha value is 1.20. The van der Waals surface area contributed by atoms with Crippen LogP contribution in [0.4, 0.5) is 0 Å². The van der Waals surface area contributed by atoms with Crippen LogP contribution in [-0.4, -0.2) is 81.0 Å². The van der Waals surface area contributed by atoms with Crippen molar-refractivity contribution in [2.45, 2.75) is 12.1 Å². The van der Waals surface area contributed by atoms with Crippen LogP contribution in [0.3, 0.4) is 0 Å². The SMILES string of the molecule is O=C(NC(CO)CO)c1c(I)c(O)c(I)c(-c2c(I)c(O)c(I)c(C(=O)NC(CO)CO)c2I)c1I. The van der Waals surface area contributed by atoms with Crippen molar-refractivity contribution >= 4 is 147 Å². The van der Waals surface area contributed by atoms with Crippen molar-refractivity contribution in [2.75, 3.05) is 26.4 Å². The first-order chi connectivity index (χ1) is 16.9. The van der Waals surface area contributed by atoms with Gasteiger partial charge in [0.25, 0.3) is 11.8 Å². The number of phenolic OH excluding ortho intramolecular Hbond substituents is 2. The Bertz CT molecular complexity index is 1100. The van der Waals surface area contributed by atoms with Gasteiger partial charge in [-0.05, 0) is 136 Å². The van der Waals surface area contributed by atoms with Crippen LogP contribution in [0, 0.1) is 21.4 Å². The Morgan fingerprint density at radius 2 is 0.833 bits per heavy atom. The minimum absolute atomic E-state index is 0.104. The van der Waals surface area contributed by atoms with E-state index in [0.717, 1.165) is 0 Å². The summed E-state index contributed by atoms with van der Waals surface area (Å²) in [5, 5.41) is 64.4. The second-order valence-electron chi connectivity index (χ2n) is 7.15. The molecular formula is C20H18I6N2O8. The zero-order valence-corrected chi connectivity index (χ0v) is 30.7. The Morgan fingerprint density at radius 1 is 0.556 bits per heavy atom. The molecule has 0 aromatic heterocycles. The lowest BCUT2D eigenvalue weighted by Gasteiger charge is -2.22. The number of amides is 2. The Balaban J connectivity index is 2.88. The largest absolute Gasteiger partial charge is 0.506 e. The first-order valence-electron chi connectivity index (χ1n) is 9.71. The average molecular weight is 1180 g/mol. The van der Waals surface area contributed by atoms with Crippen LogP contribution in [0.5, 0.6) is 11.5 Å². The second-order valence-corrected chi connectivity index (χ2v) is 13.6. The van der Waals surface area contributed by atoms with Gasteiger partial charge >= 0.3 is 0 Å². The highest BCUT2D eigenvalue weighted by atomic mass is 127. The number of halogens is 6. The molecule has 2 rings (SSSR count). The van der Waals surface area contributed by atoms with Gasteiger partial charge in [-0.3, -0.25) is 9.59 Å². The van der Waals surface area contributed by atoms with E-state index in [1.807, 2.05) is 136 Å². The normalized spacial score (nSPS) is 11.3. The molecule has 16 heteroatoms. The number of phenols is 2. The van der Waals surface area contributed by atoms with Gasteiger partial charge in [0.05, 0.1) is 63.9 Å². The summed E-state index contributed by atoms with van der Waals surface area (Å²) >= 11 is 11.4. The van der Waals surface area contributed by atoms with Gasteiger partial charge in [0, 0.05) is 18.3 Å². The van der Waals surface area contributed by atoms with E-state index in [1.54, 1.807) is 0 Å². The highest BCUT2D eigenvalue weighted by Crippen LogP contribution is 2.48. The lowest BCUT2D eigenvalue weighted by atomic mass is 9.99. The van der Waals surface area contributed by atoms with Crippen LogP contribution in [0.15, 0.2) is 0 Å². The molecule has 0 fully saturated rings. The summed E-state index contributed by atoms with van der Waals surface area (Å²) in [6, 6.07) is -1.81. The Labute approximate surface area is 287 Å². The van der Waals surface area contributed by atoms with Crippen molar-refractivity contribution < 1.29 is 40.2 Å². The van der Waals surface area contributed by atoms with E-state index in [9.17, 15) is 40.2 Å². The van der Waals surface area contributed by atoms with Gasteiger partial charge in [0.15, 0.2) is 0 Å². The Morgan fingerprint density at radius 3 is 1.08 bits per heavy atom. The first-order valence-corrected chi connectivity index (χ1v) is 16.2. The lowest BCUT2D eigenvalue weighted by Crippen LogP contribution is -2.41. The smallest absolute Gasteiger partial charge is 0.253 e. The van der Waals surface area contributed by atoms with E-state index < -0.39 is 50.3 Å². The van der Waals surface area contributed by atoms with E-state index in [-0.39, 0.29) is 29.8 Å². The van der Waals surface area contributed by atoms with Crippen LogP contribution in [0.2, 0.25) is 0 Å². The molecule has 0 saturated heterocycles. The van der Waals surface area contributed by atoms with Gasteiger partial charge in [-0.1, -0.05) is 0 Å². The molecule has 0 aliphatic rings. The molecule has 0 saturated carbocycles. The molecule has 0 radical (unpaired) electrons. The minimum atomic E-state index is -0.905. The molecule has 36 heavy (non-hydrogen) atoms. The maximum atomic E-state index is 13.1. The third-order valence-electron chi connectivity index (χ3n) is 4.84. The van der Waals surface area contributed by atoms with Crippen molar-refractivity contribution in [3.63, 3.8) is 0 Å². The summed E-state index contributed by atoms with van der Waals surface area (Å²) < 4.78 is 2.10. The van der Waals surface area contributed by atoms with Crippen molar-refractivity contribution in [2.24, 2.45) is 0 Å². The van der Waals surface area contributed by atoms with Crippen molar-refractivity contribution in [3.8, 4) is 22.6 Å². The maximum Gasteiger partial charge on any atom is 0.253 e. The molecule has 0 atom stereocenters. The zero-order chi connectivity index (χ0) is 27.5. The fourth-order valence-corrected chi connectivity index (χ4v) is 11.3. The fraction of sp³-hybridized carbons (Fsp3) is 0.300. The van der Waals surface area contributed by atoms with Crippen molar-refractivity contribution in [1.29, 1.82) is 0 Å². The summed E-state index contributed by atoms with van der Waals surface area (Å²) in [6.45, 7) is -1.94. The van der Waals surface area contributed by atoms with Gasteiger partial charge in [-0.15, -0.1) is 0 Å². The zero-order valence-electron chi connectivity index (χ0n) is 17.8. The van der Waals surface area contributed by atoms with Crippen molar-refractivity contribution in [1.82, 2.24) is 10.6 Å². The van der Waals surface area contributed by atoms with Crippen LogP contribution >= 0.6 is 136 Å². The van der Waals surface area contributed by atoms with Crippen molar-refractivity contribution in [3.05, 3.63) is 32.5 Å². The third kappa shape index (κ3) is 6.91. The number of aliphatic hydroxyl groups is 4. The number of nitrogens with one attached hydrogen (secondary N) is 2. The number of carbonyl (C=O) groups is 2. The van der Waals surface area contributed by atoms with E-state index in [1.165, 1.54) is 0 Å². The van der Waals surface area contributed by atoms with Gasteiger partial charge in [-0.2, -0.15) is 0 Å². The lowest BCUT2D eigenvalue weighted by molar-refractivity contribution is 0.0872. The molecule has 0 heterocycles. The number of hydrogen-bond acceptors (Lipinski definition) is 8. The van der Waals surface area contributed by atoms with E-state index in [4.69, 9.17) is 0 Å². The first kappa shape index (κ1) is 33.4. The van der Waals surface area contributed by atoms with E-state index in [2.05, 4.69) is 10.6 Å². The molecule has 2 aromatic carbocycles. The number of rotatable bonds is 9. The number of carbonyl (C=O) groups excluding carboxylic acids is 2. The van der Waals surface area contributed by atoms with Gasteiger partial charge in [0.1, 0.15) is 11.5 Å². The van der Waals surface area contributed by atoms with Crippen LogP contribution in [0.25, 0.3) is 11.1 Å². The van der Waals surface area contributed by atoms with E-state index >= 15 is 0 Å². The summed E-state index contributed by atoms with van der Waals surface area (Å²) in [5.74, 6) is -1.62. The molecule has 10 nitrogen and oxygen atoms in total. The minimum Gasteiger partial charge on any atom is -0.506 e. The Kier molecular flexibility index (Phi) is 13.7. The van der Waals surface area contributed by atoms with Gasteiger partial charge in [0.2, 0.25) is 0 Å². The summed E-state index contributed by atoms with van der Waals surface area (Å²) in [5.41, 5.74) is 1.01. The predicted octanol–water partition coefficient (Wildman–Crippen LogP) is 2.56. The fourth-order valence-electron chi connectivity index (χ4n) is 2.95. The molecule has 0 aliphatic carbocycles. The standard InChI is InChI=1S/C20H18I6N2O8/c21-11-7(13(23)17(33)15(25)9(11)19(35)27-5(1-29)2-30)8-12(22)10(16(26)18(34)14(8)24)20(36)28-6(3-31)4-32/h5-6,29-34H,1-4H2,(H,27,35)(H,28,36). The summed E-state index contributed by atoms with van der Waals surface area (Å²) in [6.07, 6.45) is 0. The molecule has 0 unspecified atom stereocenters. The monoisotopic (exact) mass is 1180 g/mol. The molecular weight excluding hydrogens is 1160 g/mol. The predicted molar refractivity (Wildman–Crippen MR) is 182 cm³/mol. The van der Waals surface area contributed by atoms with Crippen LogP contribution in [-0.2, 0) is 0 Å². The molecule has 2 aromatic rings. The molecule has 0 spiro atoms. The number of aliphatic hydroxyl groups excluding tert-OH is 4. The number of aromatic hydroxyl groups is 2. The van der Waals surface area contributed by atoms with Gasteiger partial charge in [-0.25, -0.2) is 0 Å². The van der Waals surface area contributed by atoms with Gasteiger partial charge < -0.3 is 41.3 Å². The third-order valence-corrected chi connectivity index (χ3v) is 11.2. The molecule has 2 amide bonds. The topological polar surface area (TPSA) is 180 Å². The quantitative estimate of drug-likeness (QED) is 0.177. The van der Waals surface area contributed by atoms with Crippen LogP contribution < -0.4 is 10.6 Å². The number of hydrogen-bond donors (Lipinski definition) is 8. The second kappa shape index (κ2) is 14.7. The highest BCUT2D eigenvalue weighted by molar-refractivity contribution is 14.1. The maximum absolute atomic E-state index is 13.1. The summed E-state index contributed by atoms with van der Waals surface area (Å²) in [4.78, 5) is 26.2. The highest BCUT2D eigenvalue weighted by Gasteiger charge is 2.32. The van der Waals surface area contributed by atoms with E-state index in [0.29, 0.717) is 25.4 Å². The molecule has 0 bridgehead atoms. The number of benzene rings is 2. The molecule has 0 aliphatic heterocycles. The average Bonchev–Trinajstić information content (AvgIpc) is 2.85.